The van der Waals surface area contributed by atoms with E-state index in [1.165, 1.54) is 51.4 Å². The van der Waals surface area contributed by atoms with E-state index in [0.717, 1.165) is 31.8 Å². The van der Waals surface area contributed by atoms with Gasteiger partial charge in [-0.2, -0.15) is 0 Å². The standard InChI is InChI=1S/C17H30O3/c18-17(20-14-16-11-7-13-19-16)12-6-2-5-10-15-8-3-1-4-9-15/h15-16H,1-14H2/t16-/m0/s1. The van der Waals surface area contributed by atoms with E-state index in [0.29, 0.717) is 13.0 Å². The summed E-state index contributed by atoms with van der Waals surface area (Å²) in [6, 6.07) is 0. The van der Waals surface area contributed by atoms with Crippen LogP contribution in [0, 0.1) is 5.92 Å². The molecule has 3 heteroatoms. The maximum atomic E-state index is 11.6. The largest absolute Gasteiger partial charge is 0.463 e. The first kappa shape index (κ1) is 15.8. The molecule has 2 rings (SSSR count). The monoisotopic (exact) mass is 282 g/mol. The Kier molecular flexibility index (Phi) is 7.42. The lowest BCUT2D eigenvalue weighted by Gasteiger charge is -2.21. The molecule has 0 unspecified atom stereocenters. The van der Waals surface area contributed by atoms with Crippen molar-refractivity contribution in [1.29, 1.82) is 0 Å². The van der Waals surface area contributed by atoms with Crippen molar-refractivity contribution in [1.82, 2.24) is 0 Å². The lowest BCUT2D eigenvalue weighted by Crippen LogP contribution is -2.17. The number of carbonyl (C=O) groups excluding carboxylic acids is 1. The van der Waals surface area contributed by atoms with Gasteiger partial charge in [-0.3, -0.25) is 4.79 Å². The molecule has 2 fully saturated rings. The van der Waals surface area contributed by atoms with Crippen molar-refractivity contribution in [2.45, 2.75) is 83.2 Å². The van der Waals surface area contributed by atoms with Crippen LogP contribution in [0.4, 0.5) is 0 Å². The predicted octanol–water partition coefficient (Wildman–Crippen LogP) is 4.24. The smallest absolute Gasteiger partial charge is 0.305 e. The Labute approximate surface area is 123 Å². The van der Waals surface area contributed by atoms with Crippen molar-refractivity contribution in [3.63, 3.8) is 0 Å². The summed E-state index contributed by atoms with van der Waals surface area (Å²) in [7, 11) is 0. The van der Waals surface area contributed by atoms with E-state index < -0.39 is 0 Å². The number of esters is 1. The minimum atomic E-state index is -0.0434. The molecule has 0 aromatic heterocycles. The van der Waals surface area contributed by atoms with Gasteiger partial charge in [0.2, 0.25) is 0 Å². The predicted molar refractivity (Wildman–Crippen MR) is 79.6 cm³/mol. The molecule has 2 aliphatic rings. The Balaban J connectivity index is 1.40. The lowest BCUT2D eigenvalue weighted by atomic mass is 9.85. The first-order valence-corrected chi connectivity index (χ1v) is 8.62. The van der Waals surface area contributed by atoms with Crippen LogP contribution < -0.4 is 0 Å². The van der Waals surface area contributed by atoms with Crippen LogP contribution in [0.25, 0.3) is 0 Å². The molecule has 1 aliphatic heterocycles. The van der Waals surface area contributed by atoms with Crippen LogP contribution in [0.3, 0.4) is 0 Å². The second-order valence-corrected chi connectivity index (χ2v) is 6.42. The summed E-state index contributed by atoms with van der Waals surface area (Å²) in [5.74, 6) is 0.924. The highest BCUT2D eigenvalue weighted by molar-refractivity contribution is 5.69. The van der Waals surface area contributed by atoms with Crippen LogP contribution in [0.2, 0.25) is 0 Å². The van der Waals surface area contributed by atoms with Gasteiger partial charge < -0.3 is 9.47 Å². The molecule has 0 radical (unpaired) electrons. The van der Waals surface area contributed by atoms with Crippen molar-refractivity contribution in [3.05, 3.63) is 0 Å². The first-order valence-electron chi connectivity index (χ1n) is 8.62. The van der Waals surface area contributed by atoms with E-state index in [9.17, 15) is 4.79 Å². The Bertz CT molecular complexity index is 265. The van der Waals surface area contributed by atoms with Crippen LogP contribution in [-0.2, 0) is 14.3 Å². The number of hydrogen-bond acceptors (Lipinski definition) is 3. The summed E-state index contributed by atoms with van der Waals surface area (Å²) in [6.45, 7) is 1.28. The van der Waals surface area contributed by atoms with Gasteiger partial charge in [-0.25, -0.2) is 0 Å². The minimum Gasteiger partial charge on any atom is -0.463 e. The summed E-state index contributed by atoms with van der Waals surface area (Å²) in [5, 5.41) is 0. The van der Waals surface area contributed by atoms with Gasteiger partial charge in [0.05, 0.1) is 6.10 Å². The Morgan fingerprint density at radius 2 is 1.85 bits per heavy atom. The Hall–Kier alpha value is -0.570. The molecule has 3 nitrogen and oxygen atoms in total. The molecular formula is C17H30O3. The highest BCUT2D eigenvalue weighted by Gasteiger charge is 2.17. The summed E-state index contributed by atoms with van der Waals surface area (Å²) >= 11 is 0. The fraction of sp³-hybridized carbons (Fsp3) is 0.941. The molecule has 0 aromatic rings. The van der Waals surface area contributed by atoms with Crippen LogP contribution >= 0.6 is 0 Å². The second kappa shape index (κ2) is 9.38. The van der Waals surface area contributed by atoms with Gasteiger partial charge in [0.15, 0.2) is 0 Å². The maximum Gasteiger partial charge on any atom is 0.305 e. The zero-order valence-electron chi connectivity index (χ0n) is 12.8. The average molecular weight is 282 g/mol. The van der Waals surface area contributed by atoms with Crippen LogP contribution in [0.1, 0.15) is 77.0 Å². The van der Waals surface area contributed by atoms with E-state index >= 15 is 0 Å². The lowest BCUT2D eigenvalue weighted by molar-refractivity contribution is -0.147. The van der Waals surface area contributed by atoms with Crippen molar-refractivity contribution >= 4 is 5.97 Å². The third kappa shape index (κ3) is 6.25. The second-order valence-electron chi connectivity index (χ2n) is 6.42. The molecular weight excluding hydrogens is 252 g/mol. The Morgan fingerprint density at radius 1 is 1.00 bits per heavy atom. The summed E-state index contributed by atoms with van der Waals surface area (Å²) in [6.07, 6.45) is 14.8. The third-order valence-corrected chi connectivity index (χ3v) is 4.67. The fourth-order valence-electron chi connectivity index (χ4n) is 3.39. The normalized spacial score (nSPS) is 23.9. The van der Waals surface area contributed by atoms with Crippen molar-refractivity contribution < 1.29 is 14.3 Å². The van der Waals surface area contributed by atoms with Crippen molar-refractivity contribution in [3.8, 4) is 0 Å². The highest BCUT2D eigenvalue weighted by Crippen LogP contribution is 2.28. The molecule has 0 aromatic carbocycles. The highest BCUT2D eigenvalue weighted by atomic mass is 16.6. The van der Waals surface area contributed by atoms with Gasteiger partial charge in [-0.05, 0) is 25.2 Å². The van der Waals surface area contributed by atoms with Gasteiger partial charge in [0.1, 0.15) is 6.61 Å². The quantitative estimate of drug-likeness (QED) is 0.493. The molecule has 0 N–H and O–H groups in total. The fourth-order valence-corrected chi connectivity index (χ4v) is 3.39. The van der Waals surface area contributed by atoms with Crippen molar-refractivity contribution in [2.75, 3.05) is 13.2 Å². The molecule has 0 spiro atoms. The van der Waals surface area contributed by atoms with Crippen LogP contribution in [-0.4, -0.2) is 25.3 Å². The zero-order valence-corrected chi connectivity index (χ0v) is 12.8. The van der Waals surface area contributed by atoms with Gasteiger partial charge in [0.25, 0.3) is 0 Å². The molecule has 1 aliphatic carbocycles. The topological polar surface area (TPSA) is 35.5 Å². The molecule has 116 valence electrons. The number of rotatable bonds is 8. The molecule has 1 atom stereocenters. The van der Waals surface area contributed by atoms with Gasteiger partial charge in [-0.15, -0.1) is 0 Å². The Morgan fingerprint density at radius 3 is 2.60 bits per heavy atom. The minimum absolute atomic E-state index is 0.0434. The zero-order chi connectivity index (χ0) is 14.0. The number of unbranched alkanes of at least 4 members (excludes halogenated alkanes) is 2. The van der Waals surface area contributed by atoms with Crippen LogP contribution in [0.15, 0.2) is 0 Å². The van der Waals surface area contributed by atoms with E-state index in [4.69, 9.17) is 9.47 Å². The number of hydrogen-bond donors (Lipinski definition) is 0. The average Bonchev–Trinajstić information content (AvgIpc) is 2.99. The summed E-state index contributed by atoms with van der Waals surface area (Å²) in [4.78, 5) is 11.6. The van der Waals surface area contributed by atoms with Crippen molar-refractivity contribution in [2.24, 2.45) is 5.92 Å². The van der Waals surface area contributed by atoms with E-state index in [1.54, 1.807) is 0 Å². The molecule has 0 amide bonds. The van der Waals surface area contributed by atoms with Gasteiger partial charge in [-0.1, -0.05) is 51.4 Å². The molecule has 1 saturated heterocycles. The van der Waals surface area contributed by atoms with E-state index in [-0.39, 0.29) is 12.1 Å². The molecule has 20 heavy (non-hydrogen) atoms. The van der Waals surface area contributed by atoms with Gasteiger partial charge >= 0.3 is 5.97 Å². The number of carbonyl (C=O) groups is 1. The van der Waals surface area contributed by atoms with E-state index in [1.807, 2.05) is 0 Å². The van der Waals surface area contributed by atoms with E-state index in [2.05, 4.69) is 0 Å². The molecule has 1 heterocycles. The third-order valence-electron chi connectivity index (χ3n) is 4.67. The molecule has 1 saturated carbocycles. The van der Waals surface area contributed by atoms with Gasteiger partial charge in [0, 0.05) is 13.0 Å². The van der Waals surface area contributed by atoms with Crippen LogP contribution in [0.5, 0.6) is 0 Å². The summed E-state index contributed by atoms with van der Waals surface area (Å²) < 4.78 is 10.7. The molecule has 0 bridgehead atoms. The SMILES string of the molecule is O=C(CCCCCC1CCCCC1)OC[C@@H]1CCCO1. The maximum absolute atomic E-state index is 11.6. The number of ether oxygens (including phenoxy) is 2. The summed E-state index contributed by atoms with van der Waals surface area (Å²) in [5.41, 5.74) is 0. The first-order chi connectivity index (χ1) is 9.84.